The van der Waals surface area contributed by atoms with Crippen molar-refractivity contribution >= 4 is 38.7 Å². The zero-order valence-electron chi connectivity index (χ0n) is 9.86. The molecule has 4 nitrogen and oxygen atoms in total. The summed E-state index contributed by atoms with van der Waals surface area (Å²) in [5.41, 5.74) is 0. The number of rotatable bonds is 3. The molecule has 1 aromatic carbocycles. The van der Waals surface area contributed by atoms with Gasteiger partial charge in [-0.3, -0.25) is 0 Å². The molecule has 0 bridgehead atoms. The summed E-state index contributed by atoms with van der Waals surface area (Å²) in [7, 11) is 0. The van der Waals surface area contributed by atoms with Crippen LogP contribution >= 0.6 is 0 Å². The van der Waals surface area contributed by atoms with Crippen LogP contribution in [0, 0.1) is 0 Å². The van der Waals surface area contributed by atoms with Gasteiger partial charge in [-0.05, 0) is 0 Å². The first kappa shape index (κ1) is 17.7. The summed E-state index contributed by atoms with van der Waals surface area (Å²) in [6.07, 6.45) is -10.8. The Balaban J connectivity index is 2.97. The van der Waals surface area contributed by atoms with Crippen molar-refractivity contribution in [2.75, 3.05) is 0 Å². The molecule has 0 aliphatic rings. The van der Waals surface area contributed by atoms with E-state index in [-0.39, 0.29) is 3.12 Å². The summed E-state index contributed by atoms with van der Waals surface area (Å²) in [5.74, 6) is -5.37. The van der Waals surface area contributed by atoms with E-state index in [1.165, 1.54) is 18.2 Å². The number of alkyl halides is 6. The van der Waals surface area contributed by atoms with Gasteiger partial charge in [-0.2, -0.15) is 0 Å². The van der Waals surface area contributed by atoms with Crippen molar-refractivity contribution in [2.45, 2.75) is 12.4 Å². The van der Waals surface area contributed by atoms with Gasteiger partial charge in [-0.15, -0.1) is 0 Å². The standard InChI is InChI=1S/C6H5.2C2HF3O2.Tl/c1-2-4-6-5-3-1;2*3-2(4,5)1(6)7;/h1-5H;2*(H,6,7);/q;;;+2/p-2. The third-order valence-corrected chi connectivity index (χ3v) is 8.90. The van der Waals surface area contributed by atoms with Crippen molar-refractivity contribution in [1.29, 1.82) is 0 Å². The number of halogens is 6. The van der Waals surface area contributed by atoms with Crippen molar-refractivity contribution in [3.05, 3.63) is 30.3 Å². The van der Waals surface area contributed by atoms with Crippen LogP contribution in [0.15, 0.2) is 30.3 Å². The van der Waals surface area contributed by atoms with Crippen LogP contribution < -0.4 is 3.12 Å². The number of hydrogen-bond acceptors (Lipinski definition) is 4. The fourth-order valence-electron chi connectivity index (χ4n) is 1.10. The van der Waals surface area contributed by atoms with Crippen molar-refractivity contribution in [3.63, 3.8) is 0 Å². The van der Waals surface area contributed by atoms with E-state index in [0.29, 0.717) is 0 Å². The van der Waals surface area contributed by atoms with Crippen molar-refractivity contribution in [2.24, 2.45) is 0 Å². The van der Waals surface area contributed by atoms with E-state index in [2.05, 4.69) is 5.37 Å². The Morgan fingerprint density at radius 3 is 1.52 bits per heavy atom. The number of benzene rings is 1. The molecule has 0 heterocycles. The molecule has 21 heavy (non-hydrogen) atoms. The second-order valence-corrected chi connectivity index (χ2v) is 10.6. The summed E-state index contributed by atoms with van der Waals surface area (Å²) in [6, 6.07) is 6.28. The van der Waals surface area contributed by atoms with E-state index < -0.39 is 47.9 Å². The zero-order chi connectivity index (χ0) is 16.3. The van der Waals surface area contributed by atoms with E-state index in [0.717, 1.165) is 12.1 Å². The van der Waals surface area contributed by atoms with Crippen LogP contribution in [0.1, 0.15) is 0 Å². The average Bonchev–Trinajstić information content (AvgIpc) is 2.36. The summed E-state index contributed by atoms with van der Waals surface area (Å²) in [6.45, 7) is 0. The molecule has 0 saturated carbocycles. The first-order valence-electron chi connectivity index (χ1n) is 5.12. The first-order chi connectivity index (χ1) is 9.51. The van der Waals surface area contributed by atoms with E-state index in [1.54, 1.807) is 0 Å². The molecule has 0 aliphatic heterocycles. The van der Waals surface area contributed by atoms with E-state index >= 15 is 0 Å². The molecule has 0 saturated heterocycles. The summed E-state index contributed by atoms with van der Waals surface area (Å²) >= 11 is -5.00. The second kappa shape index (κ2) is 6.62. The quantitative estimate of drug-likeness (QED) is 0.461. The topological polar surface area (TPSA) is 52.6 Å². The number of hydrogen-bond donors (Lipinski definition) is 0. The van der Waals surface area contributed by atoms with Crippen LogP contribution in [-0.4, -0.2) is 47.9 Å². The maximum absolute atomic E-state index is 12.1. The Bertz CT molecular complexity index is 485. The molecular formula is C10H5F6O4Tl. The van der Waals surface area contributed by atoms with Gasteiger partial charge >= 0.3 is 123 Å². The van der Waals surface area contributed by atoms with Gasteiger partial charge in [-0.25, -0.2) is 0 Å². The van der Waals surface area contributed by atoms with Gasteiger partial charge in [0.25, 0.3) is 0 Å². The zero-order valence-corrected chi connectivity index (χ0v) is 14.4. The minimum absolute atomic E-state index is 0.146. The first-order valence-corrected chi connectivity index (χ1v) is 11.0. The Morgan fingerprint density at radius 1 is 0.810 bits per heavy atom. The van der Waals surface area contributed by atoms with Crippen molar-refractivity contribution in [1.82, 2.24) is 0 Å². The molecule has 1 rings (SSSR count). The third kappa shape index (κ3) is 5.51. The Labute approximate surface area is 123 Å². The van der Waals surface area contributed by atoms with Gasteiger partial charge in [0.15, 0.2) is 0 Å². The predicted molar refractivity (Wildman–Crippen MR) is 56.1 cm³/mol. The fourth-order valence-corrected chi connectivity index (χ4v) is 6.98. The van der Waals surface area contributed by atoms with Gasteiger partial charge in [0, 0.05) is 0 Å². The molecule has 0 atom stereocenters. The molecule has 0 spiro atoms. The molecule has 0 amide bonds. The molecule has 1 aromatic rings. The SMILES string of the molecule is O=C([O][Tl]([O]C(=O)C(F)(F)F)[c]1ccccc1)C(F)(F)F. The summed E-state index contributed by atoms with van der Waals surface area (Å²) < 4.78 is 80.4. The van der Waals surface area contributed by atoms with Gasteiger partial charge in [0.05, 0.1) is 0 Å². The molecule has 11 heteroatoms. The number of carbonyl (C=O) groups excluding carboxylic acids is 2. The molecule has 0 aromatic heterocycles. The Hall–Kier alpha value is -1.34. The van der Waals surface area contributed by atoms with Crippen molar-refractivity contribution < 1.29 is 41.3 Å². The van der Waals surface area contributed by atoms with Crippen LogP contribution in [-0.2, 0) is 15.0 Å². The molecule has 0 unspecified atom stereocenters. The Kier molecular flexibility index (Phi) is 5.58. The maximum atomic E-state index is 12.1. The minimum atomic E-state index is -5.39. The Morgan fingerprint density at radius 2 is 1.19 bits per heavy atom. The second-order valence-electron chi connectivity index (χ2n) is 3.55. The fraction of sp³-hybridized carbons (Fsp3) is 0.200. The van der Waals surface area contributed by atoms with Gasteiger partial charge < -0.3 is 0 Å². The van der Waals surface area contributed by atoms with Gasteiger partial charge in [0.1, 0.15) is 0 Å². The molecule has 0 radical (unpaired) electrons. The van der Waals surface area contributed by atoms with Crippen LogP contribution in [0.4, 0.5) is 26.3 Å². The molecule has 0 fully saturated rings. The molecule has 114 valence electrons. The monoisotopic (exact) mass is 508 g/mol. The van der Waals surface area contributed by atoms with Crippen LogP contribution in [0.5, 0.6) is 0 Å². The summed E-state index contributed by atoms with van der Waals surface area (Å²) in [5, 5.41) is 0. The van der Waals surface area contributed by atoms with Crippen LogP contribution in [0.3, 0.4) is 0 Å². The van der Waals surface area contributed by atoms with Gasteiger partial charge in [0.2, 0.25) is 0 Å². The molecular weight excluding hydrogens is 502 g/mol. The van der Waals surface area contributed by atoms with Crippen LogP contribution in [0.25, 0.3) is 0 Å². The summed E-state index contributed by atoms with van der Waals surface area (Å²) in [4.78, 5) is 21.4. The number of carbonyl (C=O) groups is 2. The van der Waals surface area contributed by atoms with Gasteiger partial charge in [-0.1, -0.05) is 0 Å². The third-order valence-electron chi connectivity index (χ3n) is 1.96. The normalized spacial score (nSPS) is 11.7. The predicted octanol–water partition coefficient (Wildman–Crippen LogP) is 1.59. The van der Waals surface area contributed by atoms with E-state index in [9.17, 15) is 35.9 Å². The average molecular weight is 508 g/mol. The van der Waals surface area contributed by atoms with E-state index in [4.69, 9.17) is 0 Å². The molecule has 0 aliphatic carbocycles. The van der Waals surface area contributed by atoms with E-state index in [1.807, 2.05) is 0 Å². The molecule has 0 N–H and O–H groups in total. The van der Waals surface area contributed by atoms with Crippen LogP contribution in [0.2, 0.25) is 0 Å². The van der Waals surface area contributed by atoms with Crippen molar-refractivity contribution in [3.8, 4) is 0 Å².